The number of nitrogens with one attached hydrogen (secondary N) is 2. The van der Waals surface area contributed by atoms with Crippen LogP contribution < -0.4 is 19.5 Å². The SMILES string of the molecule is N#C/C(=C/c1ccccc1OCc1ccc2c(c1)OCO2)C(=O)NCCc1c[nH]c2ccccc12. The van der Waals surface area contributed by atoms with E-state index in [1.54, 1.807) is 6.08 Å². The molecule has 1 aliphatic rings. The van der Waals surface area contributed by atoms with Gasteiger partial charge in [-0.15, -0.1) is 0 Å². The van der Waals surface area contributed by atoms with E-state index in [0.29, 0.717) is 42.4 Å². The number of nitriles is 1. The molecule has 0 aliphatic carbocycles. The van der Waals surface area contributed by atoms with E-state index in [0.717, 1.165) is 22.0 Å². The predicted molar refractivity (Wildman–Crippen MR) is 132 cm³/mol. The highest BCUT2D eigenvalue weighted by molar-refractivity contribution is 6.02. The molecule has 7 heteroatoms. The summed E-state index contributed by atoms with van der Waals surface area (Å²) >= 11 is 0. The Hall–Kier alpha value is -4.70. The van der Waals surface area contributed by atoms with Crippen LogP contribution in [0.4, 0.5) is 0 Å². The number of hydrogen-bond acceptors (Lipinski definition) is 5. The number of aromatic amines is 1. The standard InChI is InChI=1S/C28H23N3O4/c29-15-22(28(32)30-12-11-21-16-31-24-7-3-2-6-23(21)24)14-20-5-1-4-8-25(20)33-17-19-9-10-26-27(13-19)35-18-34-26/h1-10,13-14,16,31H,11-12,17-18H2,(H,30,32)/b22-14-. The summed E-state index contributed by atoms with van der Waals surface area (Å²) in [5.41, 5.74) is 3.76. The Labute approximate surface area is 202 Å². The van der Waals surface area contributed by atoms with E-state index in [4.69, 9.17) is 14.2 Å². The number of nitrogens with zero attached hydrogens (tertiary/aromatic N) is 1. The molecule has 0 saturated heterocycles. The Morgan fingerprint density at radius 1 is 1.09 bits per heavy atom. The Kier molecular flexibility index (Phi) is 6.35. The van der Waals surface area contributed by atoms with Crippen molar-refractivity contribution in [1.82, 2.24) is 10.3 Å². The van der Waals surface area contributed by atoms with E-state index >= 15 is 0 Å². The van der Waals surface area contributed by atoms with Crippen molar-refractivity contribution < 1.29 is 19.0 Å². The number of carbonyl (C=O) groups is 1. The van der Waals surface area contributed by atoms with Gasteiger partial charge in [-0.05, 0) is 47.9 Å². The summed E-state index contributed by atoms with van der Waals surface area (Å²) in [6.07, 6.45) is 4.16. The number of benzene rings is 3. The van der Waals surface area contributed by atoms with Gasteiger partial charge in [0.25, 0.3) is 5.91 Å². The van der Waals surface area contributed by atoms with Gasteiger partial charge in [-0.3, -0.25) is 4.79 Å². The van der Waals surface area contributed by atoms with E-state index in [-0.39, 0.29) is 12.4 Å². The van der Waals surface area contributed by atoms with Gasteiger partial charge in [0.05, 0.1) is 0 Å². The average Bonchev–Trinajstić information content (AvgIpc) is 3.53. The molecule has 2 N–H and O–H groups in total. The molecule has 5 rings (SSSR count). The molecular weight excluding hydrogens is 442 g/mol. The number of aromatic nitrogens is 1. The van der Waals surface area contributed by atoms with Crippen LogP contribution >= 0.6 is 0 Å². The maximum absolute atomic E-state index is 12.7. The van der Waals surface area contributed by atoms with Crippen molar-refractivity contribution in [2.24, 2.45) is 0 Å². The van der Waals surface area contributed by atoms with Crippen molar-refractivity contribution in [3.63, 3.8) is 0 Å². The third kappa shape index (κ3) is 4.97. The largest absolute Gasteiger partial charge is 0.488 e. The fraction of sp³-hybridized carbons (Fsp3) is 0.143. The van der Waals surface area contributed by atoms with Gasteiger partial charge in [-0.25, -0.2) is 0 Å². The van der Waals surface area contributed by atoms with Crippen LogP contribution in [0.1, 0.15) is 16.7 Å². The number of H-pyrrole nitrogens is 1. The van der Waals surface area contributed by atoms with Crippen LogP contribution in [0.15, 0.2) is 78.5 Å². The fourth-order valence-corrected chi connectivity index (χ4v) is 3.97. The van der Waals surface area contributed by atoms with E-state index in [1.807, 2.05) is 79.0 Å². The van der Waals surface area contributed by atoms with Crippen LogP contribution in [0, 0.1) is 11.3 Å². The number of rotatable bonds is 8. The smallest absolute Gasteiger partial charge is 0.261 e. The number of ether oxygens (including phenoxy) is 3. The van der Waals surface area contributed by atoms with Crippen molar-refractivity contribution in [2.75, 3.05) is 13.3 Å². The van der Waals surface area contributed by atoms with Crippen molar-refractivity contribution in [2.45, 2.75) is 13.0 Å². The monoisotopic (exact) mass is 465 g/mol. The van der Waals surface area contributed by atoms with Gasteiger partial charge in [0, 0.05) is 29.2 Å². The number of fused-ring (bicyclic) bond motifs is 2. The first-order chi connectivity index (χ1) is 17.2. The van der Waals surface area contributed by atoms with Crippen molar-refractivity contribution in [3.8, 4) is 23.3 Å². The fourth-order valence-electron chi connectivity index (χ4n) is 3.97. The Balaban J connectivity index is 1.23. The van der Waals surface area contributed by atoms with Crippen LogP contribution in [0.5, 0.6) is 17.2 Å². The van der Waals surface area contributed by atoms with Crippen molar-refractivity contribution in [3.05, 3.63) is 95.2 Å². The molecular formula is C28H23N3O4. The number of amides is 1. The van der Waals surface area contributed by atoms with E-state index in [2.05, 4.69) is 10.3 Å². The topological polar surface area (TPSA) is 96.4 Å². The van der Waals surface area contributed by atoms with Crippen LogP contribution in [-0.2, 0) is 17.8 Å². The van der Waals surface area contributed by atoms with Gasteiger partial charge in [0.15, 0.2) is 11.5 Å². The molecule has 7 nitrogen and oxygen atoms in total. The minimum Gasteiger partial charge on any atom is -0.488 e. The third-order valence-electron chi connectivity index (χ3n) is 5.77. The predicted octanol–water partition coefficient (Wildman–Crippen LogP) is 4.74. The van der Waals surface area contributed by atoms with E-state index < -0.39 is 5.91 Å². The first-order valence-corrected chi connectivity index (χ1v) is 11.3. The molecule has 0 radical (unpaired) electrons. The Bertz CT molecular complexity index is 1450. The summed E-state index contributed by atoms with van der Waals surface area (Å²) in [5, 5.41) is 13.6. The minimum atomic E-state index is -0.419. The van der Waals surface area contributed by atoms with Crippen LogP contribution in [0.3, 0.4) is 0 Å². The molecule has 174 valence electrons. The zero-order valence-electron chi connectivity index (χ0n) is 18.9. The van der Waals surface area contributed by atoms with Gasteiger partial charge in [-0.2, -0.15) is 5.26 Å². The molecule has 0 spiro atoms. The first-order valence-electron chi connectivity index (χ1n) is 11.3. The molecule has 0 unspecified atom stereocenters. The Morgan fingerprint density at radius 3 is 2.83 bits per heavy atom. The molecule has 2 heterocycles. The van der Waals surface area contributed by atoms with Gasteiger partial charge >= 0.3 is 0 Å². The van der Waals surface area contributed by atoms with Gasteiger partial charge in [0.1, 0.15) is 24.0 Å². The molecule has 0 fully saturated rings. The van der Waals surface area contributed by atoms with Crippen molar-refractivity contribution in [1.29, 1.82) is 5.26 Å². The second kappa shape index (κ2) is 10.1. The highest BCUT2D eigenvalue weighted by Gasteiger charge is 2.14. The zero-order valence-corrected chi connectivity index (χ0v) is 18.9. The molecule has 3 aromatic carbocycles. The van der Waals surface area contributed by atoms with Crippen LogP contribution in [-0.4, -0.2) is 24.2 Å². The summed E-state index contributed by atoms with van der Waals surface area (Å²) < 4.78 is 16.8. The molecule has 0 saturated carbocycles. The average molecular weight is 466 g/mol. The Morgan fingerprint density at radius 2 is 1.91 bits per heavy atom. The molecule has 35 heavy (non-hydrogen) atoms. The number of para-hydroxylation sites is 2. The van der Waals surface area contributed by atoms with Crippen molar-refractivity contribution >= 4 is 22.9 Å². The molecule has 1 aliphatic heterocycles. The van der Waals surface area contributed by atoms with Gasteiger partial charge in [0.2, 0.25) is 6.79 Å². The second-order valence-electron chi connectivity index (χ2n) is 8.05. The normalized spacial score (nSPS) is 12.4. The molecule has 1 amide bonds. The number of hydrogen-bond donors (Lipinski definition) is 2. The van der Waals surface area contributed by atoms with E-state index in [1.165, 1.54) is 0 Å². The van der Waals surface area contributed by atoms with Gasteiger partial charge < -0.3 is 24.5 Å². The minimum absolute atomic E-state index is 0.0167. The third-order valence-corrected chi connectivity index (χ3v) is 5.77. The summed E-state index contributed by atoms with van der Waals surface area (Å²) in [4.78, 5) is 15.9. The maximum atomic E-state index is 12.7. The lowest BCUT2D eigenvalue weighted by Gasteiger charge is -2.10. The lowest BCUT2D eigenvalue weighted by molar-refractivity contribution is -0.117. The summed E-state index contributed by atoms with van der Waals surface area (Å²) in [7, 11) is 0. The quantitative estimate of drug-likeness (QED) is 0.289. The molecule has 4 aromatic rings. The summed E-state index contributed by atoms with van der Waals surface area (Å²) in [6, 6.07) is 23.0. The highest BCUT2D eigenvalue weighted by Crippen LogP contribution is 2.33. The van der Waals surface area contributed by atoms with Gasteiger partial charge in [-0.1, -0.05) is 42.5 Å². The molecule has 0 atom stereocenters. The summed E-state index contributed by atoms with van der Waals surface area (Å²) in [6.45, 7) is 0.941. The summed E-state index contributed by atoms with van der Waals surface area (Å²) in [5.74, 6) is 1.56. The second-order valence-corrected chi connectivity index (χ2v) is 8.05. The van der Waals surface area contributed by atoms with Crippen LogP contribution in [0.2, 0.25) is 0 Å². The molecule has 0 bridgehead atoms. The zero-order chi connectivity index (χ0) is 24.0. The highest BCUT2D eigenvalue weighted by atomic mass is 16.7. The maximum Gasteiger partial charge on any atom is 0.261 e. The number of carbonyl (C=O) groups excluding carboxylic acids is 1. The van der Waals surface area contributed by atoms with E-state index in [9.17, 15) is 10.1 Å². The first kappa shape index (κ1) is 22.1. The lowest BCUT2D eigenvalue weighted by atomic mass is 10.1. The molecule has 1 aromatic heterocycles. The lowest BCUT2D eigenvalue weighted by Crippen LogP contribution is -2.26. The van der Waals surface area contributed by atoms with Crippen LogP contribution in [0.25, 0.3) is 17.0 Å².